The van der Waals surface area contributed by atoms with Crippen LogP contribution in [0.15, 0.2) is 24.3 Å². The molecule has 1 fully saturated rings. The molecule has 2 rings (SSSR count). The zero-order chi connectivity index (χ0) is 14.6. The smallest absolute Gasteiger partial charge is 0.123 e. The van der Waals surface area contributed by atoms with Crippen molar-refractivity contribution < 1.29 is 4.39 Å². The fraction of sp³-hybridized carbons (Fsp3) is 0.647. The molecule has 0 bridgehead atoms. The Labute approximate surface area is 122 Å². The highest BCUT2D eigenvalue weighted by atomic mass is 19.1. The summed E-state index contributed by atoms with van der Waals surface area (Å²) in [4.78, 5) is 2.51. The number of halogens is 1. The van der Waals surface area contributed by atoms with Gasteiger partial charge in [-0.3, -0.25) is 4.90 Å². The molecule has 1 heterocycles. The van der Waals surface area contributed by atoms with Gasteiger partial charge in [0, 0.05) is 18.6 Å². The van der Waals surface area contributed by atoms with Crippen molar-refractivity contribution in [2.24, 2.45) is 11.7 Å². The molecule has 1 aromatic rings. The van der Waals surface area contributed by atoms with Crippen LogP contribution in [-0.4, -0.2) is 30.1 Å². The Kier molecular flexibility index (Phi) is 5.17. The fourth-order valence-corrected chi connectivity index (χ4v) is 3.37. The second kappa shape index (κ2) is 6.68. The number of rotatable bonds is 6. The maximum absolute atomic E-state index is 13.3. The highest BCUT2D eigenvalue weighted by Crippen LogP contribution is 2.29. The first-order valence-electron chi connectivity index (χ1n) is 7.77. The molecule has 0 amide bonds. The monoisotopic (exact) mass is 278 g/mol. The minimum Gasteiger partial charge on any atom is -0.329 e. The highest BCUT2D eigenvalue weighted by molar-refractivity contribution is 5.19. The van der Waals surface area contributed by atoms with Gasteiger partial charge in [0.05, 0.1) is 0 Å². The number of likely N-dealkylation sites (tertiary alicyclic amines) is 1. The molecule has 0 saturated carbocycles. The van der Waals surface area contributed by atoms with E-state index >= 15 is 0 Å². The molecule has 112 valence electrons. The van der Waals surface area contributed by atoms with Gasteiger partial charge in [0.1, 0.15) is 5.82 Å². The van der Waals surface area contributed by atoms with E-state index in [0.29, 0.717) is 6.54 Å². The summed E-state index contributed by atoms with van der Waals surface area (Å²) in [5.41, 5.74) is 7.04. The summed E-state index contributed by atoms with van der Waals surface area (Å²) in [6.45, 7) is 7.33. The van der Waals surface area contributed by atoms with Crippen LogP contribution in [-0.2, 0) is 6.42 Å². The number of hydrogen-bond acceptors (Lipinski definition) is 2. The predicted octanol–water partition coefficient (Wildman–Crippen LogP) is 3.21. The largest absolute Gasteiger partial charge is 0.329 e. The van der Waals surface area contributed by atoms with Crippen LogP contribution < -0.4 is 5.73 Å². The van der Waals surface area contributed by atoms with Gasteiger partial charge in [-0.05, 0) is 56.3 Å². The Bertz CT molecular complexity index is 435. The molecule has 2 nitrogen and oxygen atoms in total. The van der Waals surface area contributed by atoms with Gasteiger partial charge in [-0.25, -0.2) is 4.39 Å². The van der Waals surface area contributed by atoms with E-state index in [1.807, 2.05) is 6.07 Å². The molecular weight excluding hydrogens is 251 g/mol. The van der Waals surface area contributed by atoms with Crippen LogP contribution in [0.3, 0.4) is 0 Å². The Balaban J connectivity index is 2.05. The van der Waals surface area contributed by atoms with Crippen molar-refractivity contribution >= 4 is 0 Å². The fourth-order valence-electron chi connectivity index (χ4n) is 3.37. The van der Waals surface area contributed by atoms with E-state index in [4.69, 9.17) is 5.73 Å². The third-order valence-electron chi connectivity index (χ3n) is 4.66. The summed E-state index contributed by atoms with van der Waals surface area (Å²) in [6.07, 6.45) is 4.64. The van der Waals surface area contributed by atoms with Gasteiger partial charge < -0.3 is 5.73 Å². The maximum atomic E-state index is 13.3. The van der Waals surface area contributed by atoms with Crippen molar-refractivity contribution in [1.82, 2.24) is 4.90 Å². The van der Waals surface area contributed by atoms with Crippen molar-refractivity contribution in [3.63, 3.8) is 0 Å². The average Bonchev–Trinajstić information content (AvgIpc) is 2.88. The van der Waals surface area contributed by atoms with Crippen molar-refractivity contribution in [3.8, 4) is 0 Å². The first kappa shape index (κ1) is 15.5. The SMILES string of the molecule is CCCC1CCN(C(C)(CN)Cc2cccc(F)c2)C1. The number of hydrogen-bond donors (Lipinski definition) is 1. The zero-order valence-corrected chi connectivity index (χ0v) is 12.7. The standard InChI is InChI=1S/C17H27FN2/c1-3-5-14-8-9-20(12-14)17(2,13-19)11-15-6-4-7-16(18)10-15/h4,6-7,10,14H,3,5,8-9,11-13,19H2,1-2H3. The average molecular weight is 278 g/mol. The Morgan fingerprint density at radius 1 is 1.45 bits per heavy atom. The lowest BCUT2D eigenvalue weighted by Crippen LogP contribution is -2.52. The third-order valence-corrected chi connectivity index (χ3v) is 4.66. The Hall–Kier alpha value is -0.930. The lowest BCUT2D eigenvalue weighted by atomic mass is 9.91. The van der Waals surface area contributed by atoms with Gasteiger partial charge in [0.2, 0.25) is 0 Å². The Morgan fingerprint density at radius 3 is 2.90 bits per heavy atom. The van der Waals surface area contributed by atoms with E-state index < -0.39 is 0 Å². The van der Waals surface area contributed by atoms with E-state index in [1.54, 1.807) is 12.1 Å². The molecule has 0 aliphatic carbocycles. The molecule has 1 saturated heterocycles. The van der Waals surface area contributed by atoms with Gasteiger partial charge in [0.15, 0.2) is 0 Å². The first-order chi connectivity index (χ1) is 9.57. The maximum Gasteiger partial charge on any atom is 0.123 e. The van der Waals surface area contributed by atoms with Gasteiger partial charge in [-0.1, -0.05) is 25.5 Å². The molecule has 2 unspecified atom stereocenters. The van der Waals surface area contributed by atoms with Gasteiger partial charge >= 0.3 is 0 Å². The number of nitrogens with two attached hydrogens (primary N) is 1. The molecule has 1 aliphatic heterocycles. The lowest BCUT2D eigenvalue weighted by molar-refractivity contribution is 0.136. The summed E-state index contributed by atoms with van der Waals surface area (Å²) in [7, 11) is 0. The zero-order valence-electron chi connectivity index (χ0n) is 12.7. The summed E-state index contributed by atoms with van der Waals surface area (Å²) in [5.74, 6) is 0.644. The van der Waals surface area contributed by atoms with Crippen LogP contribution in [0.4, 0.5) is 4.39 Å². The van der Waals surface area contributed by atoms with Crippen molar-refractivity contribution in [2.45, 2.75) is 45.1 Å². The molecule has 2 atom stereocenters. The second-order valence-electron chi connectivity index (χ2n) is 6.40. The lowest BCUT2D eigenvalue weighted by Gasteiger charge is -2.38. The molecule has 1 aliphatic rings. The van der Waals surface area contributed by atoms with Gasteiger partial charge in [-0.15, -0.1) is 0 Å². The molecule has 1 aromatic carbocycles. The molecule has 0 spiro atoms. The van der Waals surface area contributed by atoms with Crippen LogP contribution >= 0.6 is 0 Å². The number of nitrogens with zero attached hydrogens (tertiary/aromatic N) is 1. The summed E-state index contributed by atoms with van der Waals surface area (Å²) in [5, 5.41) is 0. The Morgan fingerprint density at radius 2 is 2.25 bits per heavy atom. The minimum atomic E-state index is -0.160. The molecular formula is C17H27FN2. The van der Waals surface area contributed by atoms with E-state index in [9.17, 15) is 4.39 Å². The molecule has 0 radical (unpaired) electrons. The van der Waals surface area contributed by atoms with Crippen molar-refractivity contribution in [3.05, 3.63) is 35.6 Å². The van der Waals surface area contributed by atoms with E-state index in [-0.39, 0.29) is 11.4 Å². The first-order valence-corrected chi connectivity index (χ1v) is 7.77. The van der Waals surface area contributed by atoms with E-state index in [0.717, 1.165) is 31.0 Å². The van der Waals surface area contributed by atoms with Gasteiger partial charge in [-0.2, -0.15) is 0 Å². The summed E-state index contributed by atoms with van der Waals surface area (Å²) < 4.78 is 13.3. The topological polar surface area (TPSA) is 29.3 Å². The van der Waals surface area contributed by atoms with Gasteiger partial charge in [0.25, 0.3) is 0 Å². The van der Waals surface area contributed by atoms with Crippen molar-refractivity contribution in [1.29, 1.82) is 0 Å². The van der Waals surface area contributed by atoms with Crippen LogP contribution in [0.1, 0.15) is 38.7 Å². The number of benzene rings is 1. The quantitative estimate of drug-likeness (QED) is 0.866. The summed E-state index contributed by atoms with van der Waals surface area (Å²) in [6, 6.07) is 6.91. The normalized spacial score (nSPS) is 22.9. The predicted molar refractivity (Wildman–Crippen MR) is 82.2 cm³/mol. The van der Waals surface area contributed by atoms with Crippen LogP contribution in [0.25, 0.3) is 0 Å². The molecule has 2 N–H and O–H groups in total. The van der Waals surface area contributed by atoms with Crippen LogP contribution in [0, 0.1) is 11.7 Å². The van der Waals surface area contributed by atoms with Crippen LogP contribution in [0.2, 0.25) is 0 Å². The molecule has 0 aromatic heterocycles. The molecule has 3 heteroatoms. The molecule has 20 heavy (non-hydrogen) atoms. The highest BCUT2D eigenvalue weighted by Gasteiger charge is 2.35. The minimum absolute atomic E-state index is 0.0592. The second-order valence-corrected chi connectivity index (χ2v) is 6.40. The van der Waals surface area contributed by atoms with E-state index in [2.05, 4.69) is 18.7 Å². The summed E-state index contributed by atoms with van der Waals surface area (Å²) >= 11 is 0. The third kappa shape index (κ3) is 3.58. The van der Waals surface area contributed by atoms with E-state index in [1.165, 1.54) is 25.3 Å². The van der Waals surface area contributed by atoms with Crippen molar-refractivity contribution in [2.75, 3.05) is 19.6 Å². The van der Waals surface area contributed by atoms with Crippen LogP contribution in [0.5, 0.6) is 0 Å².